The quantitative estimate of drug-likeness (QED) is 0.438. The number of hydrogen-bond donors (Lipinski definition) is 0. The molecule has 20 heavy (non-hydrogen) atoms. The van der Waals surface area contributed by atoms with Gasteiger partial charge in [0.1, 0.15) is 11.4 Å². The molecule has 5 heteroatoms. The molecule has 0 N–H and O–H groups in total. The van der Waals surface area contributed by atoms with E-state index >= 15 is 0 Å². The minimum absolute atomic E-state index is 0.134. The molecule has 106 valence electrons. The Morgan fingerprint density at radius 2 is 2.10 bits per heavy atom. The number of furan rings is 1. The first-order chi connectivity index (χ1) is 9.60. The molecule has 1 heterocycles. The number of halogens is 1. The maximum absolute atomic E-state index is 12.0. The second-order valence-corrected chi connectivity index (χ2v) is 5.29. The van der Waals surface area contributed by atoms with Gasteiger partial charge in [-0.25, -0.2) is 0 Å². The first-order valence-electron chi connectivity index (χ1n) is 6.42. The van der Waals surface area contributed by atoms with Crippen LogP contribution in [-0.4, -0.2) is 24.8 Å². The number of hydrogen-bond acceptors (Lipinski definition) is 4. The van der Waals surface area contributed by atoms with Crippen molar-refractivity contribution in [1.82, 2.24) is 0 Å². The van der Waals surface area contributed by atoms with E-state index in [1.165, 1.54) is 0 Å². The molecule has 1 aromatic carbocycles. The molecule has 0 amide bonds. The zero-order valence-electron chi connectivity index (χ0n) is 11.1. The fourth-order valence-corrected chi connectivity index (χ4v) is 2.22. The molecule has 0 aliphatic heterocycles. The van der Waals surface area contributed by atoms with Gasteiger partial charge in [-0.2, -0.15) is 0 Å². The number of rotatable bonds is 7. The fraction of sp³-hybridized carbons (Fsp3) is 0.333. The molecule has 0 aliphatic rings. The summed E-state index contributed by atoms with van der Waals surface area (Å²) < 4.78 is 11.5. The summed E-state index contributed by atoms with van der Waals surface area (Å²) in [6.07, 6.45) is 0.111. The number of ketones is 2. The van der Waals surface area contributed by atoms with Crippen molar-refractivity contribution in [3.8, 4) is 0 Å². The van der Waals surface area contributed by atoms with Crippen LogP contribution in [0.25, 0.3) is 11.0 Å². The van der Waals surface area contributed by atoms with Crippen molar-refractivity contribution >= 4 is 38.5 Å². The monoisotopic (exact) mass is 338 g/mol. The van der Waals surface area contributed by atoms with Crippen molar-refractivity contribution in [2.75, 3.05) is 13.2 Å². The molecule has 0 fully saturated rings. The minimum Gasteiger partial charge on any atom is -0.453 e. The zero-order chi connectivity index (χ0) is 14.5. The smallest absolute Gasteiger partial charge is 0.205 e. The second-order valence-electron chi connectivity index (χ2n) is 4.38. The topological polar surface area (TPSA) is 56.5 Å². The zero-order valence-corrected chi connectivity index (χ0v) is 12.7. The van der Waals surface area contributed by atoms with E-state index < -0.39 is 0 Å². The summed E-state index contributed by atoms with van der Waals surface area (Å²) in [5, 5.41) is 0.837. The van der Waals surface area contributed by atoms with Gasteiger partial charge in [0.25, 0.3) is 0 Å². The van der Waals surface area contributed by atoms with Crippen LogP contribution in [0.5, 0.6) is 0 Å². The van der Waals surface area contributed by atoms with Crippen LogP contribution in [0.3, 0.4) is 0 Å². The van der Waals surface area contributed by atoms with Crippen LogP contribution in [0.15, 0.2) is 33.2 Å². The van der Waals surface area contributed by atoms with E-state index in [9.17, 15) is 9.59 Å². The molecule has 0 atom stereocenters. The van der Waals surface area contributed by atoms with E-state index in [1.807, 2.05) is 19.1 Å². The van der Waals surface area contributed by atoms with Crippen LogP contribution >= 0.6 is 15.9 Å². The Hall–Kier alpha value is -1.46. The molecule has 0 spiro atoms. The summed E-state index contributed by atoms with van der Waals surface area (Å²) in [4.78, 5) is 23.6. The summed E-state index contributed by atoms with van der Waals surface area (Å²) in [5.74, 6) is -0.202. The van der Waals surface area contributed by atoms with Gasteiger partial charge in [-0.15, -0.1) is 0 Å². The lowest BCUT2D eigenvalue weighted by Crippen LogP contribution is -2.10. The number of carbonyl (C=O) groups excluding carboxylic acids is 2. The van der Waals surface area contributed by atoms with E-state index in [1.54, 1.807) is 12.1 Å². The Labute approximate surface area is 125 Å². The summed E-state index contributed by atoms with van der Waals surface area (Å²) >= 11 is 3.36. The lowest BCUT2D eigenvalue weighted by Gasteiger charge is -1.99. The Bertz CT molecular complexity index is 630. The van der Waals surface area contributed by atoms with Gasteiger partial charge in [0.05, 0.1) is 13.0 Å². The normalized spacial score (nSPS) is 10.9. The SMILES string of the molecule is CCOCCC(=O)CC(=O)c1cc2cc(Br)ccc2o1. The molecule has 0 saturated heterocycles. The Kier molecular flexibility index (Phi) is 5.09. The van der Waals surface area contributed by atoms with Crippen molar-refractivity contribution in [2.24, 2.45) is 0 Å². The first-order valence-corrected chi connectivity index (χ1v) is 7.21. The molecule has 0 bridgehead atoms. The van der Waals surface area contributed by atoms with Crippen molar-refractivity contribution in [2.45, 2.75) is 19.8 Å². The standard InChI is InChI=1S/C15H15BrO4/c1-2-19-6-5-12(17)9-13(18)15-8-10-7-11(16)3-4-14(10)20-15/h3-4,7-8H,2,5-6,9H2,1H3. The largest absolute Gasteiger partial charge is 0.453 e. The number of carbonyl (C=O) groups is 2. The Morgan fingerprint density at radius 3 is 2.85 bits per heavy atom. The van der Waals surface area contributed by atoms with Gasteiger partial charge in [-0.3, -0.25) is 9.59 Å². The molecular weight excluding hydrogens is 324 g/mol. The van der Waals surface area contributed by atoms with Crippen LogP contribution in [0, 0.1) is 0 Å². The van der Waals surface area contributed by atoms with Crippen molar-refractivity contribution in [1.29, 1.82) is 0 Å². The van der Waals surface area contributed by atoms with Gasteiger partial charge in [0.2, 0.25) is 5.78 Å². The molecule has 0 unspecified atom stereocenters. The summed E-state index contributed by atoms with van der Waals surface area (Å²) in [5.41, 5.74) is 0.637. The van der Waals surface area contributed by atoms with Crippen LogP contribution < -0.4 is 0 Å². The van der Waals surface area contributed by atoms with E-state index in [2.05, 4.69) is 15.9 Å². The molecule has 0 radical (unpaired) electrons. The number of ether oxygens (including phenoxy) is 1. The number of fused-ring (bicyclic) bond motifs is 1. The van der Waals surface area contributed by atoms with Crippen molar-refractivity contribution < 1.29 is 18.7 Å². The summed E-state index contributed by atoms with van der Waals surface area (Å²) in [6, 6.07) is 7.16. The highest BCUT2D eigenvalue weighted by atomic mass is 79.9. The third-order valence-corrected chi connectivity index (χ3v) is 3.33. The fourth-order valence-electron chi connectivity index (χ4n) is 1.84. The maximum atomic E-state index is 12.0. The van der Waals surface area contributed by atoms with Crippen LogP contribution in [-0.2, 0) is 9.53 Å². The highest BCUT2D eigenvalue weighted by Gasteiger charge is 2.16. The highest BCUT2D eigenvalue weighted by Crippen LogP contribution is 2.24. The van der Waals surface area contributed by atoms with Crippen LogP contribution in [0.1, 0.15) is 30.3 Å². The third kappa shape index (κ3) is 3.77. The molecule has 0 saturated carbocycles. The molecule has 4 nitrogen and oxygen atoms in total. The summed E-state index contributed by atoms with van der Waals surface area (Å²) in [6.45, 7) is 2.79. The van der Waals surface area contributed by atoms with E-state index in [0.717, 1.165) is 9.86 Å². The predicted octanol–water partition coefficient (Wildman–Crippen LogP) is 3.76. The van der Waals surface area contributed by atoms with Gasteiger partial charge in [-0.05, 0) is 31.2 Å². The molecule has 1 aromatic heterocycles. The summed E-state index contributed by atoms with van der Waals surface area (Å²) in [7, 11) is 0. The minimum atomic E-state index is -0.293. The average molecular weight is 339 g/mol. The van der Waals surface area contributed by atoms with Gasteiger partial charge in [-0.1, -0.05) is 15.9 Å². The maximum Gasteiger partial charge on any atom is 0.205 e. The lowest BCUT2D eigenvalue weighted by atomic mass is 10.1. The third-order valence-electron chi connectivity index (χ3n) is 2.84. The first kappa shape index (κ1) is 14.9. The Morgan fingerprint density at radius 1 is 1.30 bits per heavy atom. The lowest BCUT2D eigenvalue weighted by molar-refractivity contribution is -0.119. The molecule has 0 aliphatic carbocycles. The average Bonchev–Trinajstić information content (AvgIpc) is 2.82. The number of benzene rings is 1. The van der Waals surface area contributed by atoms with Gasteiger partial charge in [0.15, 0.2) is 5.76 Å². The van der Waals surface area contributed by atoms with E-state index in [0.29, 0.717) is 18.8 Å². The van der Waals surface area contributed by atoms with Gasteiger partial charge < -0.3 is 9.15 Å². The highest BCUT2D eigenvalue weighted by molar-refractivity contribution is 9.10. The van der Waals surface area contributed by atoms with Crippen molar-refractivity contribution in [3.63, 3.8) is 0 Å². The predicted molar refractivity (Wildman–Crippen MR) is 79.0 cm³/mol. The van der Waals surface area contributed by atoms with Crippen molar-refractivity contribution in [3.05, 3.63) is 34.5 Å². The van der Waals surface area contributed by atoms with Crippen LogP contribution in [0.4, 0.5) is 0 Å². The molecule has 2 aromatic rings. The molecular formula is C15H15BrO4. The molecule has 2 rings (SSSR count). The van der Waals surface area contributed by atoms with E-state index in [4.69, 9.17) is 9.15 Å². The van der Waals surface area contributed by atoms with Gasteiger partial charge >= 0.3 is 0 Å². The Balaban J connectivity index is 2.02. The van der Waals surface area contributed by atoms with Crippen LogP contribution in [0.2, 0.25) is 0 Å². The van der Waals surface area contributed by atoms with Gasteiger partial charge in [0, 0.05) is 22.9 Å². The van der Waals surface area contributed by atoms with E-state index in [-0.39, 0.29) is 30.2 Å². The number of Topliss-reactive ketones (excluding diaryl/α,β-unsaturated/α-hetero) is 2. The second kappa shape index (κ2) is 6.81.